The Morgan fingerprint density at radius 2 is 2.04 bits per heavy atom. The highest BCUT2D eigenvalue weighted by atomic mass is 16.7. The van der Waals surface area contributed by atoms with Gasteiger partial charge in [0.15, 0.2) is 11.7 Å². The highest BCUT2D eigenvalue weighted by Crippen LogP contribution is 2.36. The minimum Gasteiger partial charge on any atom is -0.469 e. The monoisotopic (exact) mass is 379 g/mol. The molecular formula is C20H33N3O4. The summed E-state index contributed by atoms with van der Waals surface area (Å²) in [7, 11) is 1.69. The lowest BCUT2D eigenvalue weighted by Crippen LogP contribution is -2.40. The first kappa shape index (κ1) is 20.2. The Kier molecular flexibility index (Phi) is 7.98. The summed E-state index contributed by atoms with van der Waals surface area (Å²) in [4.78, 5) is 4.70. The molecule has 1 aliphatic heterocycles. The SMILES string of the molecule is COCCNC(=NCC1COC2(CCCCCC2)O1)NCCc1ccco1. The van der Waals surface area contributed by atoms with Crippen LogP contribution in [-0.4, -0.2) is 57.8 Å². The predicted molar refractivity (Wildman–Crippen MR) is 104 cm³/mol. The van der Waals surface area contributed by atoms with Crippen LogP contribution in [0, 0.1) is 0 Å². The molecule has 0 amide bonds. The number of aliphatic imine (C=N–C) groups is 1. The van der Waals surface area contributed by atoms with Crippen LogP contribution in [0.1, 0.15) is 44.3 Å². The van der Waals surface area contributed by atoms with E-state index in [9.17, 15) is 0 Å². The fourth-order valence-corrected chi connectivity index (χ4v) is 3.63. The highest BCUT2D eigenvalue weighted by Gasteiger charge is 2.41. The molecular weight excluding hydrogens is 346 g/mol. The van der Waals surface area contributed by atoms with Crippen molar-refractivity contribution < 1.29 is 18.6 Å². The van der Waals surface area contributed by atoms with Crippen LogP contribution in [0.25, 0.3) is 0 Å². The van der Waals surface area contributed by atoms with Crippen LogP contribution in [0.15, 0.2) is 27.8 Å². The van der Waals surface area contributed by atoms with Gasteiger partial charge in [-0.25, -0.2) is 0 Å². The maximum atomic E-state index is 6.28. The Balaban J connectivity index is 1.47. The predicted octanol–water partition coefficient (Wildman–Crippen LogP) is 2.47. The minimum atomic E-state index is -0.354. The lowest BCUT2D eigenvalue weighted by Gasteiger charge is -2.26. The molecule has 2 aliphatic rings. The highest BCUT2D eigenvalue weighted by molar-refractivity contribution is 5.79. The van der Waals surface area contributed by atoms with Crippen molar-refractivity contribution in [3.8, 4) is 0 Å². The second-order valence-electron chi connectivity index (χ2n) is 7.24. The summed E-state index contributed by atoms with van der Waals surface area (Å²) in [6.07, 6.45) is 9.49. The van der Waals surface area contributed by atoms with Crippen molar-refractivity contribution in [1.29, 1.82) is 0 Å². The third kappa shape index (κ3) is 6.52. The second-order valence-corrected chi connectivity index (χ2v) is 7.24. The molecule has 1 aromatic rings. The van der Waals surface area contributed by atoms with Crippen LogP contribution >= 0.6 is 0 Å². The van der Waals surface area contributed by atoms with Crippen LogP contribution in [-0.2, 0) is 20.6 Å². The summed E-state index contributed by atoms with van der Waals surface area (Å²) >= 11 is 0. The quantitative estimate of drug-likeness (QED) is 0.410. The number of furan rings is 1. The van der Waals surface area contributed by atoms with Gasteiger partial charge in [-0.1, -0.05) is 12.8 Å². The van der Waals surface area contributed by atoms with Crippen LogP contribution < -0.4 is 10.6 Å². The summed E-state index contributed by atoms with van der Waals surface area (Å²) in [5.41, 5.74) is 0. The Morgan fingerprint density at radius 1 is 1.22 bits per heavy atom. The van der Waals surface area contributed by atoms with E-state index in [2.05, 4.69) is 10.6 Å². The van der Waals surface area contributed by atoms with E-state index in [1.165, 1.54) is 25.7 Å². The van der Waals surface area contributed by atoms with Crippen molar-refractivity contribution >= 4 is 5.96 Å². The largest absolute Gasteiger partial charge is 0.469 e. The average Bonchev–Trinajstić information content (AvgIpc) is 3.26. The topological polar surface area (TPSA) is 77.2 Å². The number of hydrogen-bond acceptors (Lipinski definition) is 5. The Bertz CT molecular complexity index is 554. The van der Waals surface area contributed by atoms with Gasteiger partial charge in [-0.2, -0.15) is 0 Å². The summed E-state index contributed by atoms with van der Waals surface area (Å²) in [6, 6.07) is 3.88. The van der Waals surface area contributed by atoms with Crippen LogP contribution in [0.5, 0.6) is 0 Å². The van der Waals surface area contributed by atoms with E-state index in [4.69, 9.17) is 23.6 Å². The number of rotatable bonds is 8. The average molecular weight is 380 g/mol. The Hall–Kier alpha value is -1.57. The van der Waals surface area contributed by atoms with Gasteiger partial charge in [0.05, 0.1) is 26.0 Å². The molecule has 0 aromatic carbocycles. The van der Waals surface area contributed by atoms with E-state index in [-0.39, 0.29) is 11.9 Å². The van der Waals surface area contributed by atoms with Gasteiger partial charge in [-0.05, 0) is 25.0 Å². The Morgan fingerprint density at radius 3 is 2.78 bits per heavy atom. The molecule has 7 heteroatoms. The van der Waals surface area contributed by atoms with Gasteiger partial charge in [-0.15, -0.1) is 0 Å². The summed E-state index contributed by atoms with van der Waals surface area (Å²) < 4.78 is 22.8. The molecule has 1 aromatic heterocycles. The normalized spacial score (nSPS) is 22.7. The standard InChI is InChI=1S/C20H33N3O4/c1-24-14-12-22-19(21-11-8-17-7-6-13-25-17)23-15-18-16-26-20(27-18)9-4-2-3-5-10-20/h6-7,13,18H,2-5,8-12,14-16H2,1H3,(H2,21,22,23). The van der Waals surface area contributed by atoms with Crippen molar-refractivity contribution in [3.05, 3.63) is 24.2 Å². The maximum Gasteiger partial charge on any atom is 0.191 e. The van der Waals surface area contributed by atoms with Gasteiger partial charge in [0.2, 0.25) is 0 Å². The van der Waals surface area contributed by atoms with Crippen molar-refractivity contribution in [2.24, 2.45) is 4.99 Å². The molecule has 7 nitrogen and oxygen atoms in total. The molecule has 2 N–H and O–H groups in total. The zero-order valence-corrected chi connectivity index (χ0v) is 16.4. The smallest absolute Gasteiger partial charge is 0.191 e. The van der Waals surface area contributed by atoms with Gasteiger partial charge in [0, 0.05) is 39.5 Å². The summed E-state index contributed by atoms with van der Waals surface area (Å²) in [6.45, 7) is 3.30. The van der Waals surface area contributed by atoms with Gasteiger partial charge in [-0.3, -0.25) is 4.99 Å². The molecule has 3 rings (SSSR count). The lowest BCUT2D eigenvalue weighted by atomic mass is 10.1. The first-order valence-corrected chi connectivity index (χ1v) is 10.1. The van der Waals surface area contributed by atoms with Gasteiger partial charge in [0.25, 0.3) is 0 Å². The van der Waals surface area contributed by atoms with E-state index in [0.29, 0.717) is 26.3 Å². The van der Waals surface area contributed by atoms with Gasteiger partial charge in [0.1, 0.15) is 11.9 Å². The molecule has 2 heterocycles. The third-order valence-corrected chi connectivity index (χ3v) is 5.07. The number of guanidine groups is 1. The zero-order valence-electron chi connectivity index (χ0n) is 16.4. The summed E-state index contributed by atoms with van der Waals surface area (Å²) in [5.74, 6) is 1.37. The fourth-order valence-electron chi connectivity index (χ4n) is 3.63. The van der Waals surface area contributed by atoms with E-state index < -0.39 is 0 Å². The Labute approximate surface area is 161 Å². The molecule has 1 spiro atoms. The first-order valence-electron chi connectivity index (χ1n) is 10.1. The molecule has 1 unspecified atom stereocenters. The number of hydrogen-bond donors (Lipinski definition) is 2. The molecule has 0 radical (unpaired) electrons. The van der Waals surface area contributed by atoms with Crippen molar-refractivity contribution in [2.75, 3.05) is 40.0 Å². The van der Waals surface area contributed by atoms with E-state index >= 15 is 0 Å². The van der Waals surface area contributed by atoms with Crippen molar-refractivity contribution in [1.82, 2.24) is 10.6 Å². The molecule has 0 bridgehead atoms. The van der Waals surface area contributed by atoms with Crippen LogP contribution in [0.2, 0.25) is 0 Å². The van der Waals surface area contributed by atoms with Gasteiger partial charge >= 0.3 is 0 Å². The van der Waals surface area contributed by atoms with Gasteiger partial charge < -0.3 is 29.3 Å². The van der Waals surface area contributed by atoms with E-state index in [0.717, 1.165) is 37.5 Å². The van der Waals surface area contributed by atoms with Crippen LogP contribution in [0.3, 0.4) is 0 Å². The minimum absolute atomic E-state index is 0.0224. The molecule has 1 saturated carbocycles. The lowest BCUT2D eigenvalue weighted by molar-refractivity contribution is -0.174. The van der Waals surface area contributed by atoms with Crippen molar-refractivity contribution in [2.45, 2.75) is 56.8 Å². The van der Waals surface area contributed by atoms with E-state index in [1.54, 1.807) is 13.4 Å². The van der Waals surface area contributed by atoms with E-state index in [1.807, 2.05) is 12.1 Å². The molecule has 1 saturated heterocycles. The number of nitrogens with one attached hydrogen (secondary N) is 2. The molecule has 1 aliphatic carbocycles. The first-order chi connectivity index (χ1) is 13.3. The zero-order chi connectivity index (χ0) is 18.8. The van der Waals surface area contributed by atoms with Crippen LogP contribution in [0.4, 0.5) is 0 Å². The number of ether oxygens (including phenoxy) is 3. The third-order valence-electron chi connectivity index (χ3n) is 5.07. The second kappa shape index (κ2) is 10.7. The summed E-state index contributed by atoms with van der Waals surface area (Å²) in [5, 5.41) is 6.64. The molecule has 27 heavy (non-hydrogen) atoms. The fraction of sp³-hybridized carbons (Fsp3) is 0.750. The molecule has 1 atom stereocenters. The number of nitrogens with zero attached hydrogens (tertiary/aromatic N) is 1. The molecule has 152 valence electrons. The maximum absolute atomic E-state index is 6.28. The van der Waals surface area contributed by atoms with Crippen molar-refractivity contribution in [3.63, 3.8) is 0 Å². The number of methoxy groups -OCH3 is 1. The molecule has 2 fully saturated rings.